The number of nitrogens with one attached hydrogen (secondary N) is 1. The second-order valence-corrected chi connectivity index (χ2v) is 3.73. The maximum Gasteiger partial charge on any atom is 0.137 e. The number of halogens is 1. The second-order valence-electron chi connectivity index (χ2n) is 3.73. The van der Waals surface area contributed by atoms with Crippen LogP contribution in [0.5, 0.6) is 0 Å². The second kappa shape index (κ2) is 4.49. The number of aryl methyl sites for hydroxylation is 1. The van der Waals surface area contributed by atoms with Gasteiger partial charge < -0.3 is 9.73 Å². The number of rotatable bonds is 3. The fourth-order valence-electron chi connectivity index (χ4n) is 1.73. The third-order valence-electron chi connectivity index (χ3n) is 2.48. The lowest BCUT2D eigenvalue weighted by atomic mass is 10.1. The molecule has 0 aliphatic rings. The summed E-state index contributed by atoms with van der Waals surface area (Å²) in [7, 11) is 1.84. The van der Waals surface area contributed by atoms with E-state index in [4.69, 9.17) is 4.42 Å². The van der Waals surface area contributed by atoms with E-state index in [-0.39, 0.29) is 5.82 Å². The lowest BCUT2D eigenvalue weighted by molar-refractivity contribution is 0.502. The predicted molar refractivity (Wildman–Crippen MR) is 61.6 cm³/mol. The molecule has 2 aromatic rings. The molecule has 0 saturated heterocycles. The van der Waals surface area contributed by atoms with Crippen molar-refractivity contribution in [1.29, 1.82) is 0 Å². The standard InChI is InChI=1S/C13H14FNO/c1-9-4-3-5-11(14)13(9)12-7-6-10(16-12)8-15-2/h3-7,15H,8H2,1-2H3. The number of benzene rings is 1. The first-order valence-corrected chi connectivity index (χ1v) is 5.21. The van der Waals surface area contributed by atoms with Crippen LogP contribution < -0.4 is 5.32 Å². The van der Waals surface area contributed by atoms with E-state index in [0.717, 1.165) is 11.3 Å². The Hall–Kier alpha value is -1.61. The molecule has 3 heteroatoms. The summed E-state index contributed by atoms with van der Waals surface area (Å²) in [5.41, 5.74) is 1.43. The minimum Gasteiger partial charge on any atom is -0.460 e. The summed E-state index contributed by atoms with van der Waals surface area (Å²) < 4.78 is 19.2. The molecule has 1 N–H and O–H groups in total. The average molecular weight is 219 g/mol. The molecule has 1 heterocycles. The van der Waals surface area contributed by atoms with Crippen LogP contribution in [0.3, 0.4) is 0 Å². The fourth-order valence-corrected chi connectivity index (χ4v) is 1.73. The molecule has 0 aliphatic carbocycles. The van der Waals surface area contributed by atoms with E-state index >= 15 is 0 Å². The molecule has 16 heavy (non-hydrogen) atoms. The summed E-state index contributed by atoms with van der Waals surface area (Å²) in [5.74, 6) is 1.14. The van der Waals surface area contributed by atoms with Crippen LogP contribution >= 0.6 is 0 Å². The first-order chi connectivity index (χ1) is 7.72. The third-order valence-corrected chi connectivity index (χ3v) is 2.48. The van der Waals surface area contributed by atoms with E-state index in [9.17, 15) is 4.39 Å². The normalized spacial score (nSPS) is 10.7. The van der Waals surface area contributed by atoms with Crippen LogP contribution in [-0.4, -0.2) is 7.05 Å². The monoisotopic (exact) mass is 219 g/mol. The Labute approximate surface area is 94.1 Å². The van der Waals surface area contributed by atoms with Crippen LogP contribution in [0.4, 0.5) is 4.39 Å². The van der Waals surface area contributed by atoms with Crippen molar-refractivity contribution in [3.8, 4) is 11.3 Å². The largest absolute Gasteiger partial charge is 0.460 e. The topological polar surface area (TPSA) is 25.2 Å². The maximum absolute atomic E-state index is 13.7. The van der Waals surface area contributed by atoms with Crippen LogP contribution in [0.15, 0.2) is 34.7 Å². The van der Waals surface area contributed by atoms with E-state index in [1.807, 2.05) is 26.1 Å². The Bertz CT molecular complexity index is 470. The highest BCUT2D eigenvalue weighted by Gasteiger charge is 2.11. The Kier molecular flexibility index (Phi) is 3.06. The van der Waals surface area contributed by atoms with Gasteiger partial charge in [-0.15, -0.1) is 0 Å². The Morgan fingerprint density at radius 2 is 2.06 bits per heavy atom. The van der Waals surface area contributed by atoms with Crippen molar-refractivity contribution in [1.82, 2.24) is 5.32 Å². The molecule has 1 aromatic heterocycles. The summed E-state index contributed by atoms with van der Waals surface area (Å²) >= 11 is 0. The first-order valence-electron chi connectivity index (χ1n) is 5.21. The van der Waals surface area contributed by atoms with Crippen molar-refractivity contribution in [2.75, 3.05) is 7.05 Å². The molecule has 2 nitrogen and oxygen atoms in total. The van der Waals surface area contributed by atoms with Crippen molar-refractivity contribution in [3.05, 3.63) is 47.5 Å². The first kappa shape index (κ1) is 10.9. The summed E-state index contributed by atoms with van der Waals surface area (Å²) in [6, 6.07) is 8.68. The Morgan fingerprint density at radius 3 is 2.75 bits per heavy atom. The van der Waals surface area contributed by atoms with Gasteiger partial charge in [-0.1, -0.05) is 12.1 Å². The number of hydrogen-bond acceptors (Lipinski definition) is 2. The van der Waals surface area contributed by atoms with Crippen molar-refractivity contribution >= 4 is 0 Å². The third kappa shape index (κ3) is 1.99. The highest BCUT2D eigenvalue weighted by atomic mass is 19.1. The van der Waals surface area contributed by atoms with Gasteiger partial charge >= 0.3 is 0 Å². The van der Waals surface area contributed by atoms with Gasteiger partial charge in [0.15, 0.2) is 0 Å². The van der Waals surface area contributed by atoms with Gasteiger partial charge in [-0.05, 0) is 37.7 Å². The van der Waals surface area contributed by atoms with E-state index in [1.54, 1.807) is 12.1 Å². The molecule has 0 amide bonds. The van der Waals surface area contributed by atoms with E-state index < -0.39 is 0 Å². The summed E-state index contributed by atoms with van der Waals surface area (Å²) in [5, 5.41) is 2.99. The summed E-state index contributed by atoms with van der Waals surface area (Å²) in [6.07, 6.45) is 0. The Morgan fingerprint density at radius 1 is 1.25 bits per heavy atom. The van der Waals surface area contributed by atoms with Gasteiger partial charge in [0, 0.05) is 0 Å². The summed E-state index contributed by atoms with van der Waals surface area (Å²) in [6.45, 7) is 2.52. The molecular weight excluding hydrogens is 205 g/mol. The quantitative estimate of drug-likeness (QED) is 0.858. The Balaban J connectivity index is 2.42. The molecule has 0 radical (unpaired) electrons. The van der Waals surface area contributed by atoms with E-state index in [2.05, 4.69) is 5.32 Å². The van der Waals surface area contributed by atoms with Crippen molar-refractivity contribution in [3.63, 3.8) is 0 Å². The van der Waals surface area contributed by atoms with Crippen LogP contribution in [0.25, 0.3) is 11.3 Å². The van der Waals surface area contributed by atoms with Crippen LogP contribution in [0, 0.1) is 12.7 Å². The van der Waals surface area contributed by atoms with Crippen molar-refractivity contribution in [2.24, 2.45) is 0 Å². The minimum absolute atomic E-state index is 0.245. The van der Waals surface area contributed by atoms with Crippen LogP contribution in [0.2, 0.25) is 0 Å². The average Bonchev–Trinajstić information content (AvgIpc) is 2.67. The lowest BCUT2D eigenvalue weighted by Crippen LogP contribution is -2.03. The molecule has 2 rings (SSSR count). The van der Waals surface area contributed by atoms with Gasteiger partial charge in [0.2, 0.25) is 0 Å². The number of hydrogen-bond donors (Lipinski definition) is 1. The lowest BCUT2D eigenvalue weighted by Gasteiger charge is -2.03. The van der Waals surface area contributed by atoms with Gasteiger partial charge in [0.1, 0.15) is 17.3 Å². The molecule has 1 aromatic carbocycles. The van der Waals surface area contributed by atoms with Gasteiger partial charge in [-0.3, -0.25) is 0 Å². The molecule has 84 valence electrons. The SMILES string of the molecule is CNCc1ccc(-c2c(C)cccc2F)o1. The fraction of sp³-hybridized carbons (Fsp3) is 0.231. The van der Waals surface area contributed by atoms with Gasteiger partial charge in [-0.25, -0.2) is 4.39 Å². The summed E-state index contributed by atoms with van der Waals surface area (Å²) in [4.78, 5) is 0. The minimum atomic E-state index is -0.245. The molecular formula is C13H14FNO. The van der Waals surface area contributed by atoms with Gasteiger partial charge in [0.25, 0.3) is 0 Å². The zero-order valence-electron chi connectivity index (χ0n) is 9.38. The molecule has 0 saturated carbocycles. The smallest absolute Gasteiger partial charge is 0.137 e. The van der Waals surface area contributed by atoms with E-state index in [1.165, 1.54) is 6.07 Å². The van der Waals surface area contributed by atoms with Crippen molar-refractivity contribution < 1.29 is 8.81 Å². The molecule has 0 atom stereocenters. The van der Waals surface area contributed by atoms with Crippen LogP contribution in [0.1, 0.15) is 11.3 Å². The number of furan rings is 1. The molecule has 0 aliphatic heterocycles. The van der Waals surface area contributed by atoms with E-state index in [0.29, 0.717) is 17.9 Å². The highest BCUT2D eigenvalue weighted by Crippen LogP contribution is 2.28. The zero-order chi connectivity index (χ0) is 11.5. The molecule has 0 bridgehead atoms. The van der Waals surface area contributed by atoms with Gasteiger partial charge in [-0.2, -0.15) is 0 Å². The molecule has 0 unspecified atom stereocenters. The molecule has 0 fully saturated rings. The zero-order valence-corrected chi connectivity index (χ0v) is 9.38. The van der Waals surface area contributed by atoms with Gasteiger partial charge in [0.05, 0.1) is 12.1 Å². The maximum atomic E-state index is 13.7. The highest BCUT2D eigenvalue weighted by molar-refractivity contribution is 5.62. The van der Waals surface area contributed by atoms with Crippen LogP contribution in [-0.2, 0) is 6.54 Å². The predicted octanol–water partition coefficient (Wildman–Crippen LogP) is 3.11. The molecule has 0 spiro atoms. The van der Waals surface area contributed by atoms with Crippen molar-refractivity contribution in [2.45, 2.75) is 13.5 Å².